The second kappa shape index (κ2) is 5.99. The molecule has 1 aromatic carbocycles. The average molecular weight is 222 g/mol. The first-order valence-electron chi connectivity index (χ1n) is 5.68. The van der Waals surface area contributed by atoms with Gasteiger partial charge in [-0.1, -0.05) is 18.2 Å². The quantitative estimate of drug-likeness (QED) is 0.788. The molecule has 0 aliphatic rings. The van der Waals surface area contributed by atoms with Crippen LogP contribution in [-0.2, 0) is 13.1 Å². The Bertz CT molecular complexity index is 339. The number of rotatable bonds is 5. The molecule has 1 aromatic rings. The van der Waals surface area contributed by atoms with Crippen LogP contribution in [0.2, 0.25) is 0 Å². The van der Waals surface area contributed by atoms with Crippen molar-refractivity contribution in [2.75, 3.05) is 13.7 Å². The van der Waals surface area contributed by atoms with E-state index < -0.39 is 0 Å². The zero-order valence-corrected chi connectivity index (χ0v) is 10.4. The molecule has 0 spiro atoms. The molecule has 0 aliphatic carbocycles. The molecule has 3 N–H and O–H groups in total. The second-order valence-electron chi connectivity index (χ2n) is 4.41. The predicted molar refractivity (Wildman–Crippen MR) is 67.1 cm³/mol. The van der Waals surface area contributed by atoms with Crippen molar-refractivity contribution in [2.24, 2.45) is 5.73 Å². The number of likely N-dealkylation sites (N-methyl/N-ethyl adjacent to an activating group) is 1. The molecule has 1 unspecified atom stereocenters. The van der Waals surface area contributed by atoms with Gasteiger partial charge in [-0.2, -0.15) is 0 Å². The van der Waals surface area contributed by atoms with Crippen molar-refractivity contribution in [2.45, 2.75) is 33.0 Å². The van der Waals surface area contributed by atoms with Crippen molar-refractivity contribution >= 4 is 0 Å². The zero-order valence-electron chi connectivity index (χ0n) is 10.4. The van der Waals surface area contributed by atoms with Gasteiger partial charge < -0.3 is 10.8 Å². The summed E-state index contributed by atoms with van der Waals surface area (Å²) in [5.41, 5.74) is 9.32. The SMILES string of the molecule is Cc1cc(CN)ccc1CN(C)C(C)CO. The Hall–Kier alpha value is -0.900. The Balaban J connectivity index is 2.74. The van der Waals surface area contributed by atoms with Crippen LogP contribution < -0.4 is 5.73 Å². The Labute approximate surface area is 97.9 Å². The number of aliphatic hydroxyl groups is 1. The number of aryl methyl sites for hydroxylation is 1. The Morgan fingerprint density at radius 2 is 2.12 bits per heavy atom. The van der Waals surface area contributed by atoms with Gasteiger partial charge in [-0.25, -0.2) is 0 Å². The molecule has 0 heterocycles. The van der Waals surface area contributed by atoms with Crippen LogP contribution in [0.25, 0.3) is 0 Å². The standard InChI is InChI=1S/C13H22N2O/c1-10-6-12(7-14)4-5-13(10)8-15(3)11(2)9-16/h4-6,11,16H,7-9,14H2,1-3H3. The summed E-state index contributed by atoms with van der Waals surface area (Å²) in [4.78, 5) is 2.14. The first kappa shape index (κ1) is 13.2. The van der Waals surface area contributed by atoms with Gasteiger partial charge in [0.25, 0.3) is 0 Å². The first-order valence-corrected chi connectivity index (χ1v) is 5.68. The van der Waals surface area contributed by atoms with Gasteiger partial charge >= 0.3 is 0 Å². The summed E-state index contributed by atoms with van der Waals surface area (Å²) in [7, 11) is 2.02. The molecule has 16 heavy (non-hydrogen) atoms. The molecule has 0 aromatic heterocycles. The van der Waals surface area contributed by atoms with Gasteiger partial charge in [0.05, 0.1) is 6.61 Å². The number of hydrogen-bond donors (Lipinski definition) is 2. The van der Waals surface area contributed by atoms with Crippen molar-refractivity contribution in [3.63, 3.8) is 0 Å². The van der Waals surface area contributed by atoms with E-state index in [4.69, 9.17) is 10.8 Å². The van der Waals surface area contributed by atoms with Crippen molar-refractivity contribution in [1.82, 2.24) is 4.90 Å². The molecule has 0 saturated carbocycles. The summed E-state index contributed by atoms with van der Waals surface area (Å²) in [5, 5.41) is 9.08. The van der Waals surface area contributed by atoms with Crippen LogP contribution in [0, 0.1) is 6.92 Å². The molecule has 1 atom stereocenters. The summed E-state index contributed by atoms with van der Waals surface area (Å²) < 4.78 is 0. The summed E-state index contributed by atoms with van der Waals surface area (Å²) in [6.07, 6.45) is 0. The van der Waals surface area contributed by atoms with E-state index in [1.807, 2.05) is 14.0 Å². The van der Waals surface area contributed by atoms with Crippen molar-refractivity contribution in [3.8, 4) is 0 Å². The molecule has 0 aliphatic heterocycles. The Morgan fingerprint density at radius 3 is 2.62 bits per heavy atom. The lowest BCUT2D eigenvalue weighted by Gasteiger charge is -2.23. The average Bonchev–Trinajstić information content (AvgIpc) is 2.30. The van der Waals surface area contributed by atoms with Crippen LogP contribution in [0.1, 0.15) is 23.6 Å². The topological polar surface area (TPSA) is 49.5 Å². The van der Waals surface area contributed by atoms with E-state index in [1.54, 1.807) is 0 Å². The van der Waals surface area contributed by atoms with Gasteiger partial charge in [0.15, 0.2) is 0 Å². The monoisotopic (exact) mass is 222 g/mol. The maximum atomic E-state index is 9.08. The van der Waals surface area contributed by atoms with Crippen LogP contribution in [-0.4, -0.2) is 29.7 Å². The third kappa shape index (κ3) is 3.30. The number of nitrogens with two attached hydrogens (primary N) is 1. The van der Waals surface area contributed by atoms with E-state index in [0.29, 0.717) is 6.54 Å². The minimum Gasteiger partial charge on any atom is -0.395 e. The third-order valence-corrected chi connectivity index (χ3v) is 3.08. The molecule has 0 saturated heterocycles. The summed E-state index contributed by atoms with van der Waals surface area (Å²) >= 11 is 0. The highest BCUT2D eigenvalue weighted by atomic mass is 16.3. The highest BCUT2D eigenvalue weighted by Gasteiger charge is 2.09. The van der Waals surface area contributed by atoms with Crippen LogP contribution in [0.4, 0.5) is 0 Å². The normalized spacial score (nSPS) is 13.1. The molecular formula is C13H22N2O. The number of aliphatic hydroxyl groups excluding tert-OH is 1. The predicted octanol–water partition coefficient (Wildman–Crippen LogP) is 1.27. The molecule has 1 rings (SSSR count). The minimum atomic E-state index is 0.189. The van der Waals surface area contributed by atoms with Gasteiger partial charge in [0, 0.05) is 19.1 Å². The third-order valence-electron chi connectivity index (χ3n) is 3.08. The largest absolute Gasteiger partial charge is 0.395 e. The van der Waals surface area contributed by atoms with E-state index in [9.17, 15) is 0 Å². The highest BCUT2D eigenvalue weighted by molar-refractivity contribution is 5.30. The van der Waals surface area contributed by atoms with E-state index in [2.05, 4.69) is 30.0 Å². The molecular weight excluding hydrogens is 200 g/mol. The molecule has 3 nitrogen and oxygen atoms in total. The van der Waals surface area contributed by atoms with E-state index in [1.165, 1.54) is 16.7 Å². The van der Waals surface area contributed by atoms with Crippen molar-refractivity contribution < 1.29 is 5.11 Å². The molecule has 0 radical (unpaired) electrons. The van der Waals surface area contributed by atoms with Crippen LogP contribution in [0.3, 0.4) is 0 Å². The lowest BCUT2D eigenvalue weighted by molar-refractivity contribution is 0.154. The number of benzene rings is 1. The van der Waals surface area contributed by atoms with Crippen LogP contribution in [0.5, 0.6) is 0 Å². The molecule has 0 fully saturated rings. The number of nitrogens with zero attached hydrogens (tertiary/aromatic N) is 1. The van der Waals surface area contributed by atoms with Gasteiger partial charge in [0.2, 0.25) is 0 Å². The fraction of sp³-hybridized carbons (Fsp3) is 0.538. The van der Waals surface area contributed by atoms with E-state index >= 15 is 0 Å². The maximum absolute atomic E-state index is 9.08. The minimum absolute atomic E-state index is 0.189. The van der Waals surface area contributed by atoms with E-state index in [-0.39, 0.29) is 12.6 Å². The van der Waals surface area contributed by atoms with Gasteiger partial charge in [0.1, 0.15) is 0 Å². The fourth-order valence-electron chi connectivity index (χ4n) is 1.63. The van der Waals surface area contributed by atoms with Crippen LogP contribution >= 0.6 is 0 Å². The molecule has 0 amide bonds. The Kier molecular flexibility index (Phi) is 4.93. The van der Waals surface area contributed by atoms with Gasteiger partial charge in [-0.15, -0.1) is 0 Å². The Morgan fingerprint density at radius 1 is 1.44 bits per heavy atom. The highest BCUT2D eigenvalue weighted by Crippen LogP contribution is 2.13. The fourth-order valence-corrected chi connectivity index (χ4v) is 1.63. The maximum Gasteiger partial charge on any atom is 0.0584 e. The van der Waals surface area contributed by atoms with Gasteiger partial charge in [-0.05, 0) is 37.6 Å². The molecule has 3 heteroatoms. The summed E-state index contributed by atoms with van der Waals surface area (Å²) in [6.45, 7) is 5.76. The zero-order chi connectivity index (χ0) is 12.1. The van der Waals surface area contributed by atoms with Crippen molar-refractivity contribution in [3.05, 3.63) is 34.9 Å². The molecule has 90 valence electrons. The van der Waals surface area contributed by atoms with E-state index in [0.717, 1.165) is 6.54 Å². The van der Waals surface area contributed by atoms with Crippen LogP contribution in [0.15, 0.2) is 18.2 Å². The lowest BCUT2D eigenvalue weighted by atomic mass is 10.0. The molecule has 0 bridgehead atoms. The smallest absolute Gasteiger partial charge is 0.0584 e. The lowest BCUT2D eigenvalue weighted by Crippen LogP contribution is -2.31. The second-order valence-corrected chi connectivity index (χ2v) is 4.41. The van der Waals surface area contributed by atoms with Crippen molar-refractivity contribution in [1.29, 1.82) is 0 Å². The van der Waals surface area contributed by atoms with Gasteiger partial charge in [-0.3, -0.25) is 4.90 Å². The first-order chi connectivity index (χ1) is 7.58. The summed E-state index contributed by atoms with van der Waals surface area (Å²) in [6, 6.07) is 6.51. The number of hydrogen-bond acceptors (Lipinski definition) is 3. The summed E-state index contributed by atoms with van der Waals surface area (Å²) in [5.74, 6) is 0.